The number of para-hydroxylation sites is 2. The van der Waals surface area contributed by atoms with Gasteiger partial charge in [0.25, 0.3) is 6.02 Å². The van der Waals surface area contributed by atoms with Gasteiger partial charge in [0.15, 0.2) is 11.5 Å². The highest BCUT2D eigenvalue weighted by Crippen LogP contribution is 2.26. The molecule has 3 atom stereocenters. The molecule has 1 aliphatic heterocycles. The third-order valence-corrected chi connectivity index (χ3v) is 4.55. The van der Waals surface area contributed by atoms with Crippen molar-refractivity contribution >= 4 is 12.0 Å². The van der Waals surface area contributed by atoms with Gasteiger partial charge in [0.2, 0.25) is 6.29 Å². The lowest BCUT2D eigenvalue weighted by Crippen LogP contribution is -2.49. The van der Waals surface area contributed by atoms with Crippen molar-refractivity contribution in [1.82, 2.24) is 4.90 Å². The van der Waals surface area contributed by atoms with Crippen molar-refractivity contribution in [2.75, 3.05) is 32.9 Å². The molecule has 168 valence electrons. The molecule has 2 rings (SSSR count). The van der Waals surface area contributed by atoms with Crippen LogP contribution in [-0.4, -0.2) is 68.2 Å². The summed E-state index contributed by atoms with van der Waals surface area (Å²) >= 11 is 0. The fourth-order valence-electron chi connectivity index (χ4n) is 2.80. The second kappa shape index (κ2) is 11.6. The third kappa shape index (κ3) is 7.07. The SMILES string of the molecule is CCOc1ccccc1OCC1CN(C(=N)OC(C)OC(=O)C(N)C(C)C)CCO1. The highest BCUT2D eigenvalue weighted by molar-refractivity contribution is 5.76. The fraction of sp³-hybridized carbons (Fsp3) is 0.619. The molecule has 0 bridgehead atoms. The molecule has 1 heterocycles. The van der Waals surface area contributed by atoms with E-state index in [0.29, 0.717) is 44.4 Å². The van der Waals surface area contributed by atoms with Crippen molar-refractivity contribution in [3.05, 3.63) is 24.3 Å². The average molecular weight is 424 g/mol. The molecule has 3 unspecified atom stereocenters. The first-order valence-electron chi connectivity index (χ1n) is 10.2. The molecular weight excluding hydrogens is 390 g/mol. The maximum absolute atomic E-state index is 11.9. The lowest BCUT2D eigenvalue weighted by molar-refractivity contribution is -0.167. The second-order valence-corrected chi connectivity index (χ2v) is 7.33. The van der Waals surface area contributed by atoms with Crippen LogP contribution in [0.1, 0.15) is 27.7 Å². The van der Waals surface area contributed by atoms with E-state index in [1.54, 1.807) is 11.8 Å². The standard InChI is InChI=1S/C21H33N3O6/c1-5-26-17-8-6-7-9-18(17)28-13-16-12-24(10-11-27-16)21(23)30-15(4)29-20(25)19(22)14(2)3/h6-9,14-16,19,23H,5,10-13,22H2,1-4H3. The zero-order valence-electron chi connectivity index (χ0n) is 18.1. The Balaban J connectivity index is 1.82. The van der Waals surface area contributed by atoms with Crippen molar-refractivity contribution in [1.29, 1.82) is 5.41 Å². The van der Waals surface area contributed by atoms with Gasteiger partial charge in [-0.25, -0.2) is 0 Å². The molecule has 0 aliphatic carbocycles. The number of esters is 1. The van der Waals surface area contributed by atoms with E-state index < -0.39 is 18.3 Å². The largest absolute Gasteiger partial charge is 0.490 e. The molecule has 0 amide bonds. The van der Waals surface area contributed by atoms with Crippen molar-refractivity contribution in [2.24, 2.45) is 11.7 Å². The van der Waals surface area contributed by atoms with Gasteiger partial charge in [0.05, 0.1) is 19.8 Å². The van der Waals surface area contributed by atoms with Crippen LogP contribution in [-0.2, 0) is 19.0 Å². The minimum atomic E-state index is -0.912. The molecule has 0 radical (unpaired) electrons. The van der Waals surface area contributed by atoms with Crippen LogP contribution in [0.3, 0.4) is 0 Å². The first kappa shape index (κ1) is 23.8. The second-order valence-electron chi connectivity index (χ2n) is 7.33. The van der Waals surface area contributed by atoms with Gasteiger partial charge < -0.3 is 34.3 Å². The van der Waals surface area contributed by atoms with Gasteiger partial charge in [-0.3, -0.25) is 10.2 Å². The molecule has 30 heavy (non-hydrogen) atoms. The van der Waals surface area contributed by atoms with E-state index in [-0.39, 0.29) is 18.0 Å². The van der Waals surface area contributed by atoms with Crippen LogP contribution in [0.5, 0.6) is 11.5 Å². The van der Waals surface area contributed by atoms with E-state index in [0.717, 1.165) is 0 Å². The first-order chi connectivity index (χ1) is 14.3. The molecule has 9 nitrogen and oxygen atoms in total. The summed E-state index contributed by atoms with van der Waals surface area (Å²) in [5.41, 5.74) is 5.78. The van der Waals surface area contributed by atoms with Crippen molar-refractivity contribution < 1.29 is 28.5 Å². The van der Waals surface area contributed by atoms with Gasteiger partial charge in [-0.1, -0.05) is 26.0 Å². The Morgan fingerprint density at radius 1 is 1.23 bits per heavy atom. The van der Waals surface area contributed by atoms with Crippen LogP contribution < -0.4 is 15.2 Å². The lowest BCUT2D eigenvalue weighted by Gasteiger charge is -2.34. The van der Waals surface area contributed by atoms with Crippen LogP contribution >= 0.6 is 0 Å². The Bertz CT molecular complexity index is 699. The summed E-state index contributed by atoms with van der Waals surface area (Å²) in [6.45, 7) is 9.35. The molecule has 1 aromatic carbocycles. The molecule has 1 fully saturated rings. The molecule has 0 spiro atoms. The molecule has 1 aliphatic rings. The van der Waals surface area contributed by atoms with Crippen LogP contribution in [0.15, 0.2) is 24.3 Å². The minimum absolute atomic E-state index is 0.0444. The maximum atomic E-state index is 11.9. The summed E-state index contributed by atoms with van der Waals surface area (Å²) in [5, 5.41) is 8.19. The first-order valence-corrected chi connectivity index (χ1v) is 10.2. The molecule has 1 aromatic rings. The van der Waals surface area contributed by atoms with Crippen molar-refractivity contribution in [3.63, 3.8) is 0 Å². The predicted octanol–water partition coefficient (Wildman–Crippen LogP) is 1.99. The zero-order valence-corrected chi connectivity index (χ0v) is 18.1. The van der Waals surface area contributed by atoms with E-state index >= 15 is 0 Å². The Kier molecular flexibility index (Phi) is 9.19. The number of rotatable bonds is 9. The topological polar surface area (TPSA) is 116 Å². The van der Waals surface area contributed by atoms with E-state index in [9.17, 15) is 4.79 Å². The number of nitrogens with zero attached hydrogens (tertiary/aromatic N) is 1. The van der Waals surface area contributed by atoms with Crippen LogP contribution in [0.25, 0.3) is 0 Å². The van der Waals surface area contributed by atoms with Gasteiger partial charge in [0, 0.05) is 13.5 Å². The predicted molar refractivity (Wildman–Crippen MR) is 112 cm³/mol. The molecular formula is C21H33N3O6. The number of benzene rings is 1. The highest BCUT2D eigenvalue weighted by atomic mass is 16.7. The molecule has 3 N–H and O–H groups in total. The van der Waals surface area contributed by atoms with E-state index in [1.165, 1.54) is 0 Å². The molecule has 0 aromatic heterocycles. The summed E-state index contributed by atoms with van der Waals surface area (Å²) < 4.78 is 27.8. The van der Waals surface area contributed by atoms with Gasteiger partial charge in [-0.2, -0.15) is 0 Å². The Hall–Kier alpha value is -2.52. The van der Waals surface area contributed by atoms with Gasteiger partial charge in [0.1, 0.15) is 18.8 Å². The monoisotopic (exact) mass is 423 g/mol. The van der Waals surface area contributed by atoms with Gasteiger partial charge >= 0.3 is 5.97 Å². The summed E-state index contributed by atoms with van der Waals surface area (Å²) in [5.74, 6) is 0.732. The number of carbonyl (C=O) groups is 1. The number of carbonyl (C=O) groups excluding carboxylic acids is 1. The molecule has 0 saturated carbocycles. The fourth-order valence-corrected chi connectivity index (χ4v) is 2.80. The molecule has 1 saturated heterocycles. The number of nitrogens with one attached hydrogen (secondary N) is 1. The van der Waals surface area contributed by atoms with E-state index in [2.05, 4.69) is 0 Å². The number of nitrogens with two attached hydrogens (primary N) is 1. The molecule has 9 heteroatoms. The van der Waals surface area contributed by atoms with Gasteiger partial charge in [-0.15, -0.1) is 0 Å². The quantitative estimate of drug-likeness (QED) is 0.268. The maximum Gasteiger partial charge on any atom is 0.326 e. The smallest absolute Gasteiger partial charge is 0.326 e. The van der Waals surface area contributed by atoms with Crippen LogP contribution in [0, 0.1) is 11.3 Å². The number of morpholine rings is 1. The van der Waals surface area contributed by atoms with Gasteiger partial charge in [-0.05, 0) is 25.0 Å². The van der Waals surface area contributed by atoms with Crippen LogP contribution in [0.2, 0.25) is 0 Å². The summed E-state index contributed by atoms with van der Waals surface area (Å²) in [4.78, 5) is 13.7. The lowest BCUT2D eigenvalue weighted by atomic mass is 10.1. The third-order valence-electron chi connectivity index (χ3n) is 4.55. The number of hydrogen-bond donors (Lipinski definition) is 2. The minimum Gasteiger partial charge on any atom is -0.490 e. The van der Waals surface area contributed by atoms with E-state index in [1.807, 2.05) is 45.0 Å². The Morgan fingerprint density at radius 3 is 2.53 bits per heavy atom. The zero-order chi connectivity index (χ0) is 22.1. The number of ether oxygens (including phenoxy) is 5. The number of amidine groups is 1. The Morgan fingerprint density at radius 2 is 1.90 bits per heavy atom. The average Bonchev–Trinajstić information content (AvgIpc) is 2.72. The normalized spacial score (nSPS) is 18.5. The highest BCUT2D eigenvalue weighted by Gasteiger charge is 2.27. The van der Waals surface area contributed by atoms with Crippen molar-refractivity contribution in [3.8, 4) is 11.5 Å². The summed E-state index contributed by atoms with van der Waals surface area (Å²) in [7, 11) is 0. The summed E-state index contributed by atoms with van der Waals surface area (Å²) in [6, 6.07) is 6.64. The Labute approximate surface area is 177 Å². The van der Waals surface area contributed by atoms with E-state index in [4.69, 9.17) is 34.8 Å². The van der Waals surface area contributed by atoms with Crippen LogP contribution in [0.4, 0.5) is 0 Å². The summed E-state index contributed by atoms with van der Waals surface area (Å²) in [6.07, 6.45) is -1.16. The number of hydrogen-bond acceptors (Lipinski definition) is 8. The van der Waals surface area contributed by atoms with Crippen molar-refractivity contribution in [2.45, 2.75) is 46.1 Å².